The summed E-state index contributed by atoms with van der Waals surface area (Å²) in [6, 6.07) is 16.9. The Labute approximate surface area is 168 Å². The van der Waals surface area contributed by atoms with Crippen LogP contribution in [-0.2, 0) is 11.3 Å². The molecule has 28 heavy (non-hydrogen) atoms. The molecule has 1 aliphatic heterocycles. The van der Waals surface area contributed by atoms with Gasteiger partial charge in [-0.2, -0.15) is 5.10 Å². The third-order valence-electron chi connectivity index (χ3n) is 4.80. The fraction of sp³-hybridized carbons (Fsp3) is 0.286. The number of benzene rings is 2. The van der Waals surface area contributed by atoms with Crippen LogP contribution < -0.4 is 0 Å². The van der Waals surface area contributed by atoms with Gasteiger partial charge in [-0.3, -0.25) is 4.90 Å². The number of carbonyl (C=O) groups excluding carboxylic acids is 1. The van der Waals surface area contributed by atoms with Crippen molar-refractivity contribution in [3.8, 4) is 5.69 Å². The zero-order valence-electron chi connectivity index (χ0n) is 15.6. The molecule has 3 aromatic rings. The van der Waals surface area contributed by atoms with E-state index >= 15 is 0 Å². The van der Waals surface area contributed by atoms with Crippen molar-refractivity contribution in [2.45, 2.75) is 32.4 Å². The van der Waals surface area contributed by atoms with Gasteiger partial charge in [-0.05, 0) is 49.6 Å². The minimum absolute atomic E-state index is 0.167. The molecule has 1 amide bonds. The fourth-order valence-electron chi connectivity index (χ4n) is 3.48. The lowest BCUT2D eigenvalue weighted by molar-refractivity contribution is 0.0905. The van der Waals surface area contributed by atoms with Crippen LogP contribution in [0.5, 0.6) is 0 Å². The van der Waals surface area contributed by atoms with Crippen molar-refractivity contribution < 1.29 is 9.53 Å². The topological polar surface area (TPSA) is 60.3 Å². The molecule has 1 saturated heterocycles. The van der Waals surface area contributed by atoms with Crippen molar-refractivity contribution in [3.63, 3.8) is 0 Å². The summed E-state index contributed by atoms with van der Waals surface area (Å²) in [4.78, 5) is 19.1. The zero-order chi connectivity index (χ0) is 19.5. The van der Waals surface area contributed by atoms with Crippen LogP contribution in [0.2, 0.25) is 5.02 Å². The van der Waals surface area contributed by atoms with Gasteiger partial charge in [0.05, 0.1) is 11.7 Å². The van der Waals surface area contributed by atoms with E-state index in [1.165, 1.54) is 0 Å². The van der Waals surface area contributed by atoms with Gasteiger partial charge in [0, 0.05) is 11.6 Å². The molecule has 6 nitrogen and oxygen atoms in total. The highest BCUT2D eigenvalue weighted by atomic mass is 35.5. The normalized spacial score (nSPS) is 16.4. The number of carbonyl (C=O) groups is 1. The summed E-state index contributed by atoms with van der Waals surface area (Å²) >= 11 is 6.01. The molecule has 2 aromatic carbocycles. The van der Waals surface area contributed by atoms with E-state index in [0.29, 0.717) is 17.4 Å². The highest BCUT2D eigenvalue weighted by Crippen LogP contribution is 2.33. The van der Waals surface area contributed by atoms with Gasteiger partial charge in [-0.1, -0.05) is 41.9 Å². The zero-order valence-corrected chi connectivity index (χ0v) is 16.3. The summed E-state index contributed by atoms with van der Waals surface area (Å²) in [7, 11) is 0. The van der Waals surface area contributed by atoms with Crippen molar-refractivity contribution in [3.05, 3.63) is 76.8 Å². The van der Waals surface area contributed by atoms with E-state index in [9.17, 15) is 4.79 Å². The molecule has 0 N–H and O–H groups in total. The van der Waals surface area contributed by atoms with E-state index in [0.717, 1.165) is 29.9 Å². The van der Waals surface area contributed by atoms with Crippen molar-refractivity contribution in [2.24, 2.45) is 0 Å². The maximum Gasteiger partial charge on any atom is 0.410 e. The van der Waals surface area contributed by atoms with E-state index in [4.69, 9.17) is 16.3 Å². The Balaban J connectivity index is 1.55. The summed E-state index contributed by atoms with van der Waals surface area (Å²) in [6.45, 7) is 2.75. The molecule has 1 aromatic heterocycles. The summed E-state index contributed by atoms with van der Waals surface area (Å²) in [5.41, 5.74) is 1.83. The van der Waals surface area contributed by atoms with Crippen LogP contribution >= 0.6 is 11.6 Å². The van der Waals surface area contributed by atoms with E-state index in [1.807, 2.05) is 61.5 Å². The van der Waals surface area contributed by atoms with Crippen LogP contribution in [0.3, 0.4) is 0 Å². The van der Waals surface area contributed by atoms with Gasteiger partial charge < -0.3 is 4.74 Å². The average molecular weight is 397 g/mol. The standard InChI is InChI=1S/C21H21ClN4O2/c1-15-23-20(26(24-15)18-11-9-17(22)10-12-18)19-8-5-13-25(19)21(27)28-14-16-6-3-2-4-7-16/h2-4,6-7,9-12,19H,5,8,13-14H2,1H3/t19-/m0/s1. The summed E-state index contributed by atoms with van der Waals surface area (Å²) < 4.78 is 7.33. The third-order valence-corrected chi connectivity index (χ3v) is 5.05. The molecule has 0 unspecified atom stereocenters. The van der Waals surface area contributed by atoms with E-state index in [1.54, 1.807) is 9.58 Å². The van der Waals surface area contributed by atoms with Gasteiger partial charge in [0.15, 0.2) is 5.82 Å². The molecule has 0 saturated carbocycles. The Morgan fingerprint density at radius 1 is 1.18 bits per heavy atom. The Morgan fingerprint density at radius 2 is 1.93 bits per heavy atom. The van der Waals surface area contributed by atoms with Crippen molar-refractivity contribution in [1.29, 1.82) is 0 Å². The lowest BCUT2D eigenvalue weighted by Crippen LogP contribution is -2.32. The SMILES string of the molecule is Cc1nc([C@@H]2CCCN2C(=O)OCc2ccccc2)n(-c2ccc(Cl)cc2)n1. The average Bonchev–Trinajstić information content (AvgIpc) is 3.34. The molecular weight excluding hydrogens is 376 g/mol. The smallest absolute Gasteiger partial charge is 0.410 e. The Bertz CT molecular complexity index is 956. The number of aryl methyl sites for hydroxylation is 1. The number of hydrogen-bond donors (Lipinski definition) is 0. The first kappa shape index (κ1) is 18.5. The monoisotopic (exact) mass is 396 g/mol. The van der Waals surface area contributed by atoms with E-state index in [-0.39, 0.29) is 18.7 Å². The van der Waals surface area contributed by atoms with Crippen LogP contribution in [0.4, 0.5) is 4.79 Å². The first-order valence-electron chi connectivity index (χ1n) is 9.28. The number of hydrogen-bond acceptors (Lipinski definition) is 4. The maximum atomic E-state index is 12.7. The predicted molar refractivity (Wildman–Crippen MR) is 106 cm³/mol. The molecule has 0 aliphatic carbocycles. The molecule has 0 spiro atoms. The van der Waals surface area contributed by atoms with Crippen LogP contribution in [0.1, 0.15) is 36.1 Å². The number of nitrogens with zero attached hydrogens (tertiary/aromatic N) is 4. The van der Waals surface area contributed by atoms with Crippen LogP contribution in [0, 0.1) is 6.92 Å². The molecule has 144 valence electrons. The second-order valence-electron chi connectivity index (χ2n) is 6.80. The number of rotatable bonds is 4. The summed E-state index contributed by atoms with van der Waals surface area (Å²) in [5.74, 6) is 1.41. The molecule has 1 fully saturated rings. The van der Waals surface area contributed by atoms with Crippen molar-refractivity contribution in [1.82, 2.24) is 19.7 Å². The second kappa shape index (κ2) is 8.02. The van der Waals surface area contributed by atoms with Crippen LogP contribution in [-0.4, -0.2) is 32.3 Å². The molecule has 1 atom stereocenters. The second-order valence-corrected chi connectivity index (χ2v) is 7.23. The van der Waals surface area contributed by atoms with Crippen LogP contribution in [0.25, 0.3) is 5.69 Å². The van der Waals surface area contributed by atoms with Gasteiger partial charge in [-0.15, -0.1) is 0 Å². The van der Waals surface area contributed by atoms with Gasteiger partial charge in [0.2, 0.25) is 0 Å². The number of likely N-dealkylation sites (tertiary alicyclic amines) is 1. The minimum atomic E-state index is -0.324. The lowest BCUT2D eigenvalue weighted by atomic mass is 10.2. The molecule has 1 aliphatic rings. The van der Waals surface area contributed by atoms with Crippen molar-refractivity contribution in [2.75, 3.05) is 6.54 Å². The molecule has 7 heteroatoms. The molecule has 0 radical (unpaired) electrons. The Hall–Kier alpha value is -2.86. The number of ether oxygens (including phenoxy) is 1. The van der Waals surface area contributed by atoms with E-state index < -0.39 is 0 Å². The Morgan fingerprint density at radius 3 is 2.68 bits per heavy atom. The highest BCUT2D eigenvalue weighted by Gasteiger charge is 2.35. The first-order chi connectivity index (χ1) is 13.6. The highest BCUT2D eigenvalue weighted by molar-refractivity contribution is 6.30. The third kappa shape index (κ3) is 3.87. The summed E-state index contributed by atoms with van der Waals surface area (Å²) in [6.07, 6.45) is 1.40. The fourth-order valence-corrected chi connectivity index (χ4v) is 3.60. The summed E-state index contributed by atoms with van der Waals surface area (Å²) in [5, 5.41) is 5.19. The maximum absolute atomic E-state index is 12.7. The van der Waals surface area contributed by atoms with E-state index in [2.05, 4.69) is 10.1 Å². The van der Waals surface area contributed by atoms with Crippen molar-refractivity contribution >= 4 is 17.7 Å². The largest absolute Gasteiger partial charge is 0.445 e. The van der Waals surface area contributed by atoms with Gasteiger partial charge in [0.25, 0.3) is 0 Å². The first-order valence-corrected chi connectivity index (χ1v) is 9.66. The molecule has 4 rings (SSSR count). The molecular formula is C21H21ClN4O2. The molecule has 0 bridgehead atoms. The quantitative estimate of drug-likeness (QED) is 0.641. The number of halogens is 1. The minimum Gasteiger partial charge on any atom is -0.445 e. The van der Waals surface area contributed by atoms with Gasteiger partial charge in [-0.25, -0.2) is 14.5 Å². The lowest BCUT2D eigenvalue weighted by Gasteiger charge is -2.23. The molecule has 2 heterocycles. The predicted octanol–water partition coefficient (Wildman–Crippen LogP) is 4.70. The Kier molecular flexibility index (Phi) is 5.30. The number of amides is 1. The van der Waals surface area contributed by atoms with Gasteiger partial charge >= 0.3 is 6.09 Å². The number of aromatic nitrogens is 3. The van der Waals surface area contributed by atoms with Crippen LogP contribution in [0.15, 0.2) is 54.6 Å². The van der Waals surface area contributed by atoms with Gasteiger partial charge in [0.1, 0.15) is 12.4 Å².